The van der Waals surface area contributed by atoms with E-state index in [1.54, 1.807) is 42.5 Å². The third-order valence-corrected chi connectivity index (χ3v) is 2.83. The Balaban J connectivity index is 2.25. The lowest BCUT2D eigenvalue weighted by atomic mass is 10.1. The largest absolute Gasteiger partial charge is 0.508 e. The van der Waals surface area contributed by atoms with Gasteiger partial charge in [-0.15, -0.1) is 0 Å². The first kappa shape index (κ1) is 12.9. The highest BCUT2D eigenvalue weighted by Crippen LogP contribution is 2.28. The van der Waals surface area contributed by atoms with Crippen molar-refractivity contribution < 1.29 is 10.0 Å². The fourth-order valence-corrected chi connectivity index (χ4v) is 1.94. The zero-order chi connectivity index (χ0) is 13.8. The summed E-state index contributed by atoms with van der Waals surface area (Å²) >= 11 is 0. The van der Waals surface area contributed by atoms with Gasteiger partial charge in [-0.2, -0.15) is 0 Å². The van der Waals surface area contributed by atoms with Gasteiger partial charge in [-0.25, -0.2) is 0 Å². The molecule has 0 aliphatic heterocycles. The zero-order valence-corrected chi connectivity index (χ0v) is 10.4. The molecule has 98 valence electrons. The Kier molecular flexibility index (Phi) is 3.66. The van der Waals surface area contributed by atoms with Gasteiger partial charge in [0.2, 0.25) is 0 Å². The van der Waals surface area contributed by atoms with Crippen LogP contribution in [0.4, 0.5) is 11.4 Å². The van der Waals surface area contributed by atoms with E-state index in [1.807, 2.05) is 6.92 Å². The molecule has 0 saturated heterocycles. The summed E-state index contributed by atoms with van der Waals surface area (Å²) in [5.74, 6) is 0.153. The zero-order valence-electron chi connectivity index (χ0n) is 10.4. The van der Waals surface area contributed by atoms with Crippen molar-refractivity contribution >= 4 is 11.4 Å². The smallest absolute Gasteiger partial charge is 0.274 e. The third kappa shape index (κ3) is 3.01. The van der Waals surface area contributed by atoms with Crippen molar-refractivity contribution in [2.75, 3.05) is 5.32 Å². The van der Waals surface area contributed by atoms with Gasteiger partial charge in [-0.1, -0.05) is 24.3 Å². The molecule has 19 heavy (non-hydrogen) atoms. The molecule has 0 fully saturated rings. The molecule has 5 nitrogen and oxygen atoms in total. The van der Waals surface area contributed by atoms with Gasteiger partial charge in [0, 0.05) is 17.8 Å². The number of hydrogen-bond donors (Lipinski definition) is 2. The lowest BCUT2D eigenvalue weighted by molar-refractivity contribution is -0.385. The second-order valence-electron chi connectivity index (χ2n) is 4.23. The van der Waals surface area contributed by atoms with Crippen molar-refractivity contribution in [3.05, 3.63) is 64.2 Å². The van der Waals surface area contributed by atoms with Crippen LogP contribution in [0.3, 0.4) is 0 Å². The van der Waals surface area contributed by atoms with Crippen molar-refractivity contribution in [1.82, 2.24) is 0 Å². The molecule has 0 spiro atoms. The Morgan fingerprint density at radius 1 is 1.21 bits per heavy atom. The number of nitrogens with one attached hydrogen (secondary N) is 1. The van der Waals surface area contributed by atoms with E-state index in [0.717, 1.165) is 0 Å². The van der Waals surface area contributed by atoms with Crippen LogP contribution in [0.25, 0.3) is 0 Å². The standard InChI is InChI=1S/C14H14N2O3/c1-10(15-11-5-4-6-12(17)9-11)13-7-2-3-8-14(13)16(18)19/h2-10,15,17H,1H3. The minimum Gasteiger partial charge on any atom is -0.508 e. The third-order valence-electron chi connectivity index (χ3n) is 2.83. The van der Waals surface area contributed by atoms with E-state index < -0.39 is 4.92 Å². The molecule has 5 heteroatoms. The van der Waals surface area contributed by atoms with Crippen LogP contribution < -0.4 is 5.32 Å². The highest BCUT2D eigenvalue weighted by Gasteiger charge is 2.17. The Labute approximate surface area is 110 Å². The number of hydrogen-bond acceptors (Lipinski definition) is 4. The molecule has 2 aromatic carbocycles. The number of para-hydroxylation sites is 1. The molecule has 0 amide bonds. The molecular formula is C14H14N2O3. The summed E-state index contributed by atoms with van der Waals surface area (Å²) in [6.45, 7) is 1.84. The molecule has 0 radical (unpaired) electrons. The Morgan fingerprint density at radius 3 is 2.63 bits per heavy atom. The number of anilines is 1. The molecule has 2 N–H and O–H groups in total. The highest BCUT2D eigenvalue weighted by molar-refractivity contribution is 5.52. The van der Waals surface area contributed by atoms with Crippen molar-refractivity contribution in [1.29, 1.82) is 0 Å². The summed E-state index contributed by atoms with van der Waals surface area (Å²) in [7, 11) is 0. The predicted octanol–water partition coefficient (Wildman–Crippen LogP) is 3.47. The summed E-state index contributed by atoms with van der Waals surface area (Å²) < 4.78 is 0. The van der Waals surface area contributed by atoms with Gasteiger partial charge in [0.15, 0.2) is 0 Å². The maximum Gasteiger partial charge on any atom is 0.274 e. The van der Waals surface area contributed by atoms with Crippen LogP contribution in [0.2, 0.25) is 0 Å². The van der Waals surface area contributed by atoms with Gasteiger partial charge in [-0.05, 0) is 19.1 Å². The number of nitrogens with zero attached hydrogens (tertiary/aromatic N) is 1. The van der Waals surface area contributed by atoms with Crippen LogP contribution in [0.1, 0.15) is 18.5 Å². The molecule has 0 bridgehead atoms. The number of nitro benzene ring substituents is 1. The minimum absolute atomic E-state index is 0.0858. The molecule has 0 saturated carbocycles. The van der Waals surface area contributed by atoms with Crippen LogP contribution in [0.5, 0.6) is 5.75 Å². The average molecular weight is 258 g/mol. The van der Waals surface area contributed by atoms with E-state index in [-0.39, 0.29) is 17.5 Å². The molecule has 1 unspecified atom stereocenters. The predicted molar refractivity (Wildman–Crippen MR) is 73.2 cm³/mol. The number of rotatable bonds is 4. The SMILES string of the molecule is CC(Nc1cccc(O)c1)c1ccccc1[N+](=O)[O-]. The fourth-order valence-electron chi connectivity index (χ4n) is 1.94. The number of phenolic OH excluding ortho intramolecular Hbond substituents is 1. The van der Waals surface area contributed by atoms with Crippen LogP contribution in [0.15, 0.2) is 48.5 Å². The number of benzene rings is 2. The molecule has 0 aromatic heterocycles. The first-order chi connectivity index (χ1) is 9.08. The molecular weight excluding hydrogens is 244 g/mol. The Morgan fingerprint density at radius 2 is 1.95 bits per heavy atom. The van der Waals surface area contributed by atoms with Gasteiger partial charge in [0.05, 0.1) is 16.5 Å². The molecule has 2 rings (SSSR count). The quantitative estimate of drug-likeness (QED) is 0.650. The Bertz CT molecular complexity index is 599. The monoisotopic (exact) mass is 258 g/mol. The maximum absolute atomic E-state index is 11.0. The van der Waals surface area contributed by atoms with Crippen LogP contribution >= 0.6 is 0 Å². The molecule has 0 aliphatic carbocycles. The van der Waals surface area contributed by atoms with Crippen LogP contribution in [-0.4, -0.2) is 10.0 Å². The molecule has 0 aliphatic rings. The number of phenols is 1. The summed E-state index contributed by atoms with van der Waals surface area (Å²) in [4.78, 5) is 10.6. The topological polar surface area (TPSA) is 75.4 Å². The van der Waals surface area contributed by atoms with Crippen molar-refractivity contribution in [3.63, 3.8) is 0 Å². The van der Waals surface area contributed by atoms with Crippen molar-refractivity contribution in [2.24, 2.45) is 0 Å². The van der Waals surface area contributed by atoms with Crippen molar-refractivity contribution in [2.45, 2.75) is 13.0 Å². The lowest BCUT2D eigenvalue weighted by Crippen LogP contribution is -2.08. The van der Waals surface area contributed by atoms with Gasteiger partial charge in [-0.3, -0.25) is 10.1 Å². The van der Waals surface area contributed by atoms with Gasteiger partial charge < -0.3 is 10.4 Å². The first-order valence-electron chi connectivity index (χ1n) is 5.87. The van der Waals surface area contributed by atoms with Crippen molar-refractivity contribution in [3.8, 4) is 5.75 Å². The summed E-state index contributed by atoms with van der Waals surface area (Å²) in [6.07, 6.45) is 0. The van der Waals surface area contributed by atoms with E-state index in [0.29, 0.717) is 11.3 Å². The van der Waals surface area contributed by atoms with Gasteiger partial charge in [0.25, 0.3) is 5.69 Å². The Hall–Kier alpha value is -2.56. The highest BCUT2D eigenvalue weighted by atomic mass is 16.6. The number of nitro groups is 1. The first-order valence-corrected chi connectivity index (χ1v) is 5.87. The molecule has 1 atom stereocenters. The van der Waals surface area contributed by atoms with E-state index in [9.17, 15) is 15.2 Å². The summed E-state index contributed by atoms with van der Waals surface area (Å²) in [5, 5.41) is 23.5. The molecule has 2 aromatic rings. The van der Waals surface area contributed by atoms with Crippen LogP contribution in [-0.2, 0) is 0 Å². The minimum atomic E-state index is -0.393. The molecule has 0 heterocycles. The van der Waals surface area contributed by atoms with Gasteiger partial charge in [0.1, 0.15) is 5.75 Å². The van der Waals surface area contributed by atoms with E-state index in [1.165, 1.54) is 6.07 Å². The summed E-state index contributed by atoms with van der Waals surface area (Å²) in [6, 6.07) is 13.0. The second kappa shape index (κ2) is 5.39. The fraction of sp³-hybridized carbons (Fsp3) is 0.143. The van der Waals surface area contributed by atoms with Gasteiger partial charge >= 0.3 is 0 Å². The lowest BCUT2D eigenvalue weighted by Gasteiger charge is -2.15. The van der Waals surface area contributed by atoms with E-state index >= 15 is 0 Å². The normalized spacial score (nSPS) is 11.8. The van der Waals surface area contributed by atoms with Crippen LogP contribution in [0, 0.1) is 10.1 Å². The second-order valence-corrected chi connectivity index (χ2v) is 4.23. The van der Waals surface area contributed by atoms with E-state index in [4.69, 9.17) is 0 Å². The average Bonchev–Trinajstić information content (AvgIpc) is 2.38. The number of aromatic hydroxyl groups is 1. The summed E-state index contributed by atoms with van der Waals surface area (Å²) in [5.41, 5.74) is 1.41. The van der Waals surface area contributed by atoms with E-state index in [2.05, 4.69) is 5.32 Å². The maximum atomic E-state index is 11.0.